The molecular weight excluding hydrogens is 266 g/mol. The highest BCUT2D eigenvalue weighted by molar-refractivity contribution is 7.15. The third kappa shape index (κ3) is 3.14. The number of rotatable bonds is 5. The Morgan fingerprint density at radius 2 is 2.28 bits per heavy atom. The van der Waals surface area contributed by atoms with E-state index < -0.39 is 0 Å². The Morgan fingerprint density at radius 1 is 1.44 bits per heavy atom. The monoisotopic (exact) mass is 281 g/mol. The van der Waals surface area contributed by atoms with Crippen LogP contribution in [0.3, 0.4) is 0 Å². The standard InChI is InChI=1S/C12H15N3OS2/c1-3-4-5-9-14-15-12(18-9)13-11(16)10-8(2)6-7-17-10/h6-7H,3-5H2,1-2H3,(H,13,15,16). The lowest BCUT2D eigenvalue weighted by Gasteiger charge is -1.98. The fraction of sp³-hybridized carbons (Fsp3) is 0.417. The average molecular weight is 281 g/mol. The number of anilines is 1. The van der Waals surface area contributed by atoms with Crippen molar-refractivity contribution < 1.29 is 4.79 Å². The first-order chi connectivity index (χ1) is 8.70. The van der Waals surface area contributed by atoms with Crippen molar-refractivity contribution in [2.75, 3.05) is 5.32 Å². The number of aryl methyl sites for hydroxylation is 2. The van der Waals surface area contributed by atoms with Gasteiger partial charge < -0.3 is 0 Å². The van der Waals surface area contributed by atoms with Gasteiger partial charge in [0.1, 0.15) is 5.01 Å². The molecule has 1 amide bonds. The number of nitrogens with one attached hydrogen (secondary N) is 1. The molecule has 0 aromatic carbocycles. The van der Waals surface area contributed by atoms with E-state index in [4.69, 9.17) is 0 Å². The third-order valence-corrected chi connectivity index (χ3v) is 4.41. The van der Waals surface area contributed by atoms with Gasteiger partial charge in [0.15, 0.2) is 0 Å². The topological polar surface area (TPSA) is 54.9 Å². The maximum atomic E-state index is 12.0. The molecule has 0 radical (unpaired) electrons. The minimum atomic E-state index is -0.0966. The predicted octanol–water partition coefficient (Wildman–Crippen LogP) is 3.50. The van der Waals surface area contributed by atoms with E-state index in [-0.39, 0.29) is 5.91 Å². The van der Waals surface area contributed by atoms with Gasteiger partial charge >= 0.3 is 0 Å². The summed E-state index contributed by atoms with van der Waals surface area (Å²) >= 11 is 2.90. The fourth-order valence-electron chi connectivity index (χ4n) is 1.49. The third-order valence-electron chi connectivity index (χ3n) is 2.50. The van der Waals surface area contributed by atoms with E-state index in [9.17, 15) is 4.79 Å². The summed E-state index contributed by atoms with van der Waals surface area (Å²) in [6.07, 6.45) is 3.17. The van der Waals surface area contributed by atoms with Gasteiger partial charge in [0.05, 0.1) is 4.88 Å². The number of nitrogens with zero attached hydrogens (tertiary/aromatic N) is 2. The van der Waals surface area contributed by atoms with Crippen LogP contribution in [0.5, 0.6) is 0 Å². The highest BCUT2D eigenvalue weighted by Crippen LogP contribution is 2.21. The average Bonchev–Trinajstić information content (AvgIpc) is 2.95. The first-order valence-corrected chi connectivity index (χ1v) is 7.58. The summed E-state index contributed by atoms with van der Waals surface area (Å²) in [4.78, 5) is 12.7. The molecule has 96 valence electrons. The number of amides is 1. The lowest BCUT2D eigenvalue weighted by Crippen LogP contribution is -2.10. The maximum Gasteiger partial charge on any atom is 0.267 e. The van der Waals surface area contributed by atoms with Crippen molar-refractivity contribution in [2.24, 2.45) is 0 Å². The van der Waals surface area contributed by atoms with Crippen LogP contribution in [0.2, 0.25) is 0 Å². The number of carbonyl (C=O) groups is 1. The summed E-state index contributed by atoms with van der Waals surface area (Å²) in [5, 5.41) is 14.3. The van der Waals surface area contributed by atoms with Gasteiger partial charge in [-0.15, -0.1) is 21.5 Å². The van der Waals surface area contributed by atoms with Crippen LogP contribution in [0, 0.1) is 6.92 Å². The van der Waals surface area contributed by atoms with Gasteiger partial charge in [0.25, 0.3) is 5.91 Å². The van der Waals surface area contributed by atoms with Gasteiger partial charge in [0.2, 0.25) is 5.13 Å². The normalized spacial score (nSPS) is 10.6. The minimum Gasteiger partial charge on any atom is -0.296 e. The van der Waals surface area contributed by atoms with Crippen molar-refractivity contribution in [1.82, 2.24) is 10.2 Å². The van der Waals surface area contributed by atoms with E-state index in [2.05, 4.69) is 22.4 Å². The Balaban J connectivity index is 1.99. The Hall–Kier alpha value is -1.27. The molecule has 0 fully saturated rings. The molecule has 0 saturated carbocycles. The van der Waals surface area contributed by atoms with Crippen LogP contribution >= 0.6 is 22.7 Å². The van der Waals surface area contributed by atoms with Crippen molar-refractivity contribution in [1.29, 1.82) is 0 Å². The highest BCUT2D eigenvalue weighted by Gasteiger charge is 2.13. The number of thiophene rings is 1. The summed E-state index contributed by atoms with van der Waals surface area (Å²) in [5.41, 5.74) is 0.994. The summed E-state index contributed by atoms with van der Waals surface area (Å²) in [6, 6.07) is 1.94. The van der Waals surface area contributed by atoms with Gasteiger partial charge in [0, 0.05) is 6.42 Å². The van der Waals surface area contributed by atoms with Crippen LogP contribution in [-0.4, -0.2) is 16.1 Å². The van der Waals surface area contributed by atoms with E-state index >= 15 is 0 Å². The Morgan fingerprint density at radius 3 is 2.94 bits per heavy atom. The van der Waals surface area contributed by atoms with Crippen LogP contribution in [0.1, 0.15) is 40.0 Å². The van der Waals surface area contributed by atoms with Crippen molar-refractivity contribution in [2.45, 2.75) is 33.1 Å². The Kier molecular flexibility index (Phi) is 4.43. The summed E-state index contributed by atoms with van der Waals surface area (Å²) < 4.78 is 0. The summed E-state index contributed by atoms with van der Waals surface area (Å²) in [7, 11) is 0. The minimum absolute atomic E-state index is 0.0966. The zero-order valence-electron chi connectivity index (χ0n) is 10.4. The largest absolute Gasteiger partial charge is 0.296 e. The molecule has 18 heavy (non-hydrogen) atoms. The SMILES string of the molecule is CCCCc1nnc(NC(=O)c2sccc2C)s1. The smallest absolute Gasteiger partial charge is 0.267 e. The second-order valence-electron chi connectivity index (χ2n) is 3.99. The van der Waals surface area contributed by atoms with Crippen LogP contribution in [0.15, 0.2) is 11.4 Å². The first kappa shape index (κ1) is 13.2. The van der Waals surface area contributed by atoms with Crippen LogP contribution in [0.25, 0.3) is 0 Å². The Bertz CT molecular complexity index is 533. The molecule has 0 spiro atoms. The molecule has 2 heterocycles. The quantitative estimate of drug-likeness (QED) is 0.912. The number of carbonyl (C=O) groups excluding carboxylic acids is 1. The first-order valence-electron chi connectivity index (χ1n) is 5.88. The van der Waals surface area contributed by atoms with Crippen LogP contribution in [0.4, 0.5) is 5.13 Å². The molecule has 0 aliphatic heterocycles. The molecule has 6 heteroatoms. The van der Waals surface area contributed by atoms with E-state index in [1.807, 2.05) is 18.4 Å². The highest BCUT2D eigenvalue weighted by atomic mass is 32.1. The van der Waals surface area contributed by atoms with Crippen molar-refractivity contribution >= 4 is 33.7 Å². The van der Waals surface area contributed by atoms with Gasteiger partial charge in [-0.3, -0.25) is 10.1 Å². The zero-order valence-corrected chi connectivity index (χ0v) is 12.0. The molecule has 0 bridgehead atoms. The van der Waals surface area contributed by atoms with Crippen molar-refractivity contribution in [3.8, 4) is 0 Å². The van der Waals surface area contributed by atoms with Gasteiger partial charge in [-0.1, -0.05) is 24.7 Å². The predicted molar refractivity (Wildman–Crippen MR) is 75.5 cm³/mol. The van der Waals surface area contributed by atoms with Crippen LogP contribution in [-0.2, 0) is 6.42 Å². The number of unbranched alkanes of at least 4 members (excludes halogenated alkanes) is 1. The van der Waals surface area contributed by atoms with Gasteiger partial charge in [-0.25, -0.2) is 0 Å². The summed E-state index contributed by atoms with van der Waals surface area (Å²) in [5.74, 6) is -0.0966. The van der Waals surface area contributed by atoms with E-state index in [1.165, 1.54) is 22.7 Å². The molecule has 2 rings (SSSR count). The molecule has 0 atom stereocenters. The molecule has 2 aromatic heterocycles. The number of hydrogen-bond acceptors (Lipinski definition) is 5. The molecule has 4 nitrogen and oxygen atoms in total. The lowest BCUT2D eigenvalue weighted by molar-refractivity contribution is 0.103. The van der Waals surface area contributed by atoms with E-state index in [0.717, 1.165) is 34.7 Å². The van der Waals surface area contributed by atoms with Crippen molar-refractivity contribution in [3.63, 3.8) is 0 Å². The Labute approximate surface area is 114 Å². The summed E-state index contributed by atoms with van der Waals surface area (Å²) in [6.45, 7) is 4.07. The second-order valence-corrected chi connectivity index (χ2v) is 5.97. The van der Waals surface area contributed by atoms with E-state index in [1.54, 1.807) is 0 Å². The van der Waals surface area contributed by atoms with E-state index in [0.29, 0.717) is 5.13 Å². The maximum absolute atomic E-state index is 12.0. The van der Waals surface area contributed by atoms with Gasteiger partial charge in [-0.05, 0) is 30.4 Å². The molecule has 0 unspecified atom stereocenters. The molecule has 0 saturated heterocycles. The van der Waals surface area contributed by atoms with Crippen LogP contribution < -0.4 is 5.32 Å². The molecule has 2 aromatic rings. The number of hydrogen-bond donors (Lipinski definition) is 1. The molecular formula is C12H15N3OS2. The number of aromatic nitrogens is 2. The lowest BCUT2D eigenvalue weighted by atomic mass is 10.3. The second kappa shape index (κ2) is 6.06. The molecule has 0 aliphatic carbocycles. The zero-order chi connectivity index (χ0) is 13.0. The van der Waals surface area contributed by atoms with Crippen molar-refractivity contribution in [3.05, 3.63) is 26.9 Å². The van der Waals surface area contributed by atoms with Gasteiger partial charge in [-0.2, -0.15) is 0 Å². The fourth-order valence-corrected chi connectivity index (χ4v) is 3.09. The molecule has 1 N–H and O–H groups in total. The molecule has 0 aliphatic rings.